The minimum absolute atomic E-state index is 0.143. The lowest BCUT2D eigenvalue weighted by Gasteiger charge is -2.44. The molecular weight excluding hydrogens is 254 g/mol. The Labute approximate surface area is 107 Å². The summed E-state index contributed by atoms with van der Waals surface area (Å²) in [6.07, 6.45) is 0.547. The van der Waals surface area contributed by atoms with Gasteiger partial charge in [-0.05, 0) is 18.6 Å². The van der Waals surface area contributed by atoms with Crippen molar-refractivity contribution in [2.45, 2.75) is 23.8 Å². The molecule has 1 aliphatic rings. The molecule has 100 valence electrons. The van der Waals surface area contributed by atoms with Crippen molar-refractivity contribution in [3.63, 3.8) is 0 Å². The van der Waals surface area contributed by atoms with Crippen LogP contribution < -0.4 is 4.74 Å². The Morgan fingerprint density at radius 1 is 1.39 bits per heavy atom. The molecule has 1 aliphatic heterocycles. The van der Waals surface area contributed by atoms with Gasteiger partial charge >= 0.3 is 0 Å². The summed E-state index contributed by atoms with van der Waals surface area (Å²) in [5.41, 5.74) is -0.880. The van der Waals surface area contributed by atoms with Crippen molar-refractivity contribution >= 4 is 10.0 Å². The molecule has 6 heteroatoms. The van der Waals surface area contributed by atoms with Crippen LogP contribution in [-0.2, 0) is 10.0 Å². The zero-order valence-corrected chi connectivity index (χ0v) is 11.3. The first kappa shape index (κ1) is 13.3. The fraction of sp³-hybridized carbons (Fsp3) is 0.500. The van der Waals surface area contributed by atoms with Gasteiger partial charge in [0.15, 0.2) is 0 Å². The number of rotatable bonds is 4. The Hall–Kier alpha value is -1.11. The second-order valence-corrected chi connectivity index (χ2v) is 6.41. The average molecular weight is 271 g/mol. The molecule has 1 heterocycles. The lowest BCUT2D eigenvalue weighted by atomic mass is 9.94. The third-order valence-corrected chi connectivity index (χ3v) is 5.12. The summed E-state index contributed by atoms with van der Waals surface area (Å²) in [7, 11) is -2.14. The van der Waals surface area contributed by atoms with Gasteiger partial charge in [-0.25, -0.2) is 8.42 Å². The molecule has 0 aliphatic carbocycles. The van der Waals surface area contributed by atoms with Crippen LogP contribution in [0.2, 0.25) is 0 Å². The van der Waals surface area contributed by atoms with Crippen LogP contribution in [0.4, 0.5) is 0 Å². The predicted octanol–water partition coefficient (Wildman–Crippen LogP) is 0.841. The maximum absolute atomic E-state index is 12.3. The van der Waals surface area contributed by atoms with E-state index in [-0.39, 0.29) is 18.0 Å². The van der Waals surface area contributed by atoms with Gasteiger partial charge < -0.3 is 9.84 Å². The smallest absolute Gasteiger partial charge is 0.246 e. The van der Waals surface area contributed by atoms with Crippen LogP contribution in [0.25, 0.3) is 0 Å². The summed E-state index contributed by atoms with van der Waals surface area (Å²) in [6, 6.07) is 6.49. The van der Waals surface area contributed by atoms with E-state index in [0.29, 0.717) is 12.2 Å². The number of nitrogens with zero attached hydrogens (tertiary/aromatic N) is 1. The zero-order chi connectivity index (χ0) is 13.4. The van der Waals surface area contributed by atoms with Crippen molar-refractivity contribution < 1.29 is 18.3 Å². The molecule has 0 aromatic heterocycles. The number of hydrogen-bond donors (Lipinski definition) is 1. The minimum atomic E-state index is -3.58. The molecule has 18 heavy (non-hydrogen) atoms. The van der Waals surface area contributed by atoms with Gasteiger partial charge in [0.1, 0.15) is 10.6 Å². The third-order valence-electron chi connectivity index (χ3n) is 3.29. The fourth-order valence-corrected chi connectivity index (χ4v) is 3.73. The summed E-state index contributed by atoms with van der Waals surface area (Å²) < 4.78 is 31.0. The van der Waals surface area contributed by atoms with Crippen LogP contribution >= 0.6 is 0 Å². The Morgan fingerprint density at radius 3 is 2.56 bits per heavy atom. The topological polar surface area (TPSA) is 66.8 Å². The largest absolute Gasteiger partial charge is 0.495 e. The highest BCUT2D eigenvalue weighted by molar-refractivity contribution is 7.89. The normalized spacial score (nSPS) is 19.3. The van der Waals surface area contributed by atoms with Gasteiger partial charge in [0.25, 0.3) is 0 Å². The van der Waals surface area contributed by atoms with Crippen molar-refractivity contribution in [1.29, 1.82) is 0 Å². The molecule has 0 spiro atoms. The molecule has 0 atom stereocenters. The van der Waals surface area contributed by atoms with Crippen LogP contribution in [0.1, 0.15) is 13.3 Å². The molecule has 1 saturated heterocycles. The van der Waals surface area contributed by atoms with Crippen molar-refractivity contribution in [2.24, 2.45) is 0 Å². The molecule has 0 amide bonds. The Morgan fingerprint density at radius 2 is 2.00 bits per heavy atom. The van der Waals surface area contributed by atoms with Crippen molar-refractivity contribution in [3.8, 4) is 5.75 Å². The fourth-order valence-electron chi connectivity index (χ4n) is 1.97. The van der Waals surface area contributed by atoms with Crippen LogP contribution in [-0.4, -0.2) is 43.6 Å². The van der Waals surface area contributed by atoms with E-state index in [9.17, 15) is 13.5 Å². The molecule has 1 aromatic rings. The lowest BCUT2D eigenvalue weighted by molar-refractivity contribution is -0.0613. The molecule has 0 radical (unpaired) electrons. The van der Waals surface area contributed by atoms with Crippen molar-refractivity contribution in [3.05, 3.63) is 24.3 Å². The Kier molecular flexibility index (Phi) is 3.35. The van der Waals surface area contributed by atoms with Gasteiger partial charge in [0, 0.05) is 13.1 Å². The van der Waals surface area contributed by atoms with Gasteiger partial charge in [-0.3, -0.25) is 0 Å². The molecule has 0 bridgehead atoms. The van der Waals surface area contributed by atoms with E-state index in [0.717, 1.165) is 0 Å². The summed E-state index contributed by atoms with van der Waals surface area (Å²) in [6.45, 7) is 2.13. The molecule has 1 fully saturated rings. The maximum Gasteiger partial charge on any atom is 0.246 e. The SMILES string of the molecule is CCC1(O)CN(S(=O)(=O)c2ccccc2OC)C1. The van der Waals surface area contributed by atoms with Gasteiger partial charge in [0.05, 0.1) is 12.7 Å². The average Bonchev–Trinajstić information content (AvgIpc) is 2.34. The number of benzene rings is 1. The van der Waals surface area contributed by atoms with Crippen LogP contribution in [0, 0.1) is 0 Å². The van der Waals surface area contributed by atoms with Crippen molar-refractivity contribution in [2.75, 3.05) is 20.2 Å². The van der Waals surface area contributed by atoms with Gasteiger partial charge in [-0.15, -0.1) is 0 Å². The third kappa shape index (κ3) is 2.11. The van der Waals surface area contributed by atoms with Crippen LogP contribution in [0.5, 0.6) is 5.75 Å². The first-order valence-electron chi connectivity index (χ1n) is 5.78. The summed E-state index contributed by atoms with van der Waals surface area (Å²) in [5, 5.41) is 9.89. The lowest BCUT2D eigenvalue weighted by Crippen LogP contribution is -2.62. The number of methoxy groups -OCH3 is 1. The zero-order valence-electron chi connectivity index (χ0n) is 10.5. The van der Waals surface area contributed by atoms with E-state index in [1.807, 2.05) is 6.92 Å². The number of para-hydroxylation sites is 1. The van der Waals surface area contributed by atoms with Crippen molar-refractivity contribution in [1.82, 2.24) is 4.31 Å². The summed E-state index contributed by atoms with van der Waals surface area (Å²) in [5.74, 6) is 0.324. The van der Waals surface area contributed by atoms with E-state index in [4.69, 9.17) is 4.74 Å². The monoisotopic (exact) mass is 271 g/mol. The van der Waals surface area contributed by atoms with Crippen LogP contribution in [0.15, 0.2) is 29.2 Å². The van der Waals surface area contributed by atoms with E-state index in [2.05, 4.69) is 0 Å². The molecule has 2 rings (SSSR count). The number of aliphatic hydroxyl groups is 1. The summed E-state index contributed by atoms with van der Waals surface area (Å²) in [4.78, 5) is 0.144. The number of ether oxygens (including phenoxy) is 1. The first-order chi connectivity index (χ1) is 8.43. The quantitative estimate of drug-likeness (QED) is 0.881. The predicted molar refractivity (Wildman–Crippen MR) is 67.0 cm³/mol. The standard InChI is InChI=1S/C12H17NO4S/c1-3-12(14)8-13(9-12)18(15,16)11-7-5-4-6-10(11)17-2/h4-7,14H,3,8-9H2,1-2H3. The van der Waals surface area contributed by atoms with Gasteiger partial charge in [-0.1, -0.05) is 19.1 Å². The minimum Gasteiger partial charge on any atom is -0.495 e. The van der Waals surface area contributed by atoms with E-state index in [1.54, 1.807) is 18.2 Å². The second-order valence-electron chi connectivity index (χ2n) is 4.50. The Balaban J connectivity index is 2.28. The van der Waals surface area contributed by atoms with Gasteiger partial charge in [0.2, 0.25) is 10.0 Å². The van der Waals surface area contributed by atoms with Crippen LogP contribution in [0.3, 0.4) is 0 Å². The summed E-state index contributed by atoms with van der Waals surface area (Å²) >= 11 is 0. The molecule has 0 unspecified atom stereocenters. The first-order valence-corrected chi connectivity index (χ1v) is 7.22. The molecule has 1 aromatic carbocycles. The second kappa shape index (κ2) is 4.53. The highest BCUT2D eigenvalue weighted by Gasteiger charge is 2.46. The Bertz CT molecular complexity index is 535. The maximum atomic E-state index is 12.3. The van der Waals surface area contributed by atoms with Gasteiger partial charge in [-0.2, -0.15) is 4.31 Å². The number of β-amino-alcohol motifs (C(OH)–C–C–N with tert-alkyl or cyclic N) is 1. The molecule has 5 nitrogen and oxygen atoms in total. The molecular formula is C12H17NO4S. The highest BCUT2D eigenvalue weighted by atomic mass is 32.2. The van der Waals surface area contributed by atoms with E-state index < -0.39 is 15.6 Å². The number of hydrogen-bond acceptors (Lipinski definition) is 4. The van der Waals surface area contributed by atoms with E-state index >= 15 is 0 Å². The molecule has 0 saturated carbocycles. The highest BCUT2D eigenvalue weighted by Crippen LogP contribution is 2.33. The van der Waals surface area contributed by atoms with E-state index in [1.165, 1.54) is 17.5 Å². The molecule has 1 N–H and O–H groups in total. The number of sulfonamides is 1.